The predicted octanol–water partition coefficient (Wildman–Crippen LogP) is 2.05. The van der Waals surface area contributed by atoms with Crippen molar-refractivity contribution in [2.75, 3.05) is 13.8 Å². The van der Waals surface area contributed by atoms with Gasteiger partial charge in [0.05, 0.1) is 0 Å². The molecule has 0 fully saturated rings. The average molecular weight is 153 g/mol. The van der Waals surface area contributed by atoms with Gasteiger partial charge in [0.1, 0.15) is 6.80 Å². The van der Waals surface area contributed by atoms with Crippen molar-refractivity contribution in [1.82, 2.24) is 4.90 Å². The van der Waals surface area contributed by atoms with Crippen LogP contribution in [0.2, 0.25) is 0 Å². The summed E-state index contributed by atoms with van der Waals surface area (Å²) < 4.78 is 12.0. The molecule has 0 aliphatic carbocycles. The first-order valence-corrected chi connectivity index (χ1v) is 3.61. The van der Waals surface area contributed by atoms with Gasteiger partial charge in [0, 0.05) is 6.54 Å². The standard InChI is InChI=1S/C9H12FN/c1-11(8-10)7-9-5-3-2-4-6-9/h2-6H,7-8H2,1H3. The minimum absolute atomic E-state index is 0.394. The van der Waals surface area contributed by atoms with E-state index < -0.39 is 6.80 Å². The summed E-state index contributed by atoms with van der Waals surface area (Å²) in [5, 5.41) is 0. The fourth-order valence-electron chi connectivity index (χ4n) is 0.937. The monoisotopic (exact) mass is 153 g/mol. The lowest BCUT2D eigenvalue weighted by atomic mass is 10.2. The molecule has 11 heavy (non-hydrogen) atoms. The molecule has 2 heteroatoms. The SMILES string of the molecule is CN(CF)Cc1ccccc1. The van der Waals surface area contributed by atoms with Crippen LogP contribution >= 0.6 is 0 Å². The summed E-state index contributed by atoms with van der Waals surface area (Å²) in [6.07, 6.45) is 0. The number of benzene rings is 1. The lowest BCUT2D eigenvalue weighted by molar-refractivity contribution is 0.217. The van der Waals surface area contributed by atoms with Gasteiger partial charge >= 0.3 is 0 Å². The molecule has 0 saturated carbocycles. The van der Waals surface area contributed by atoms with E-state index in [2.05, 4.69) is 0 Å². The first-order chi connectivity index (χ1) is 5.33. The third-order valence-electron chi connectivity index (χ3n) is 1.50. The highest BCUT2D eigenvalue weighted by Crippen LogP contribution is 2.01. The molecule has 1 nitrogen and oxygen atoms in total. The van der Waals surface area contributed by atoms with Crippen LogP contribution in [0.1, 0.15) is 5.56 Å². The van der Waals surface area contributed by atoms with Gasteiger partial charge in [-0.05, 0) is 12.6 Å². The lowest BCUT2D eigenvalue weighted by Crippen LogP contribution is -2.15. The molecular formula is C9H12FN. The summed E-state index contributed by atoms with van der Waals surface area (Å²) >= 11 is 0. The van der Waals surface area contributed by atoms with Crippen molar-refractivity contribution in [1.29, 1.82) is 0 Å². The van der Waals surface area contributed by atoms with E-state index in [9.17, 15) is 4.39 Å². The minimum atomic E-state index is -0.394. The maximum Gasteiger partial charge on any atom is 0.143 e. The first kappa shape index (κ1) is 8.21. The van der Waals surface area contributed by atoms with Gasteiger partial charge in [0.25, 0.3) is 0 Å². The maximum atomic E-state index is 12.0. The molecule has 0 aliphatic rings. The molecule has 0 N–H and O–H groups in total. The van der Waals surface area contributed by atoms with Crippen molar-refractivity contribution in [2.24, 2.45) is 0 Å². The van der Waals surface area contributed by atoms with Gasteiger partial charge in [-0.25, -0.2) is 4.39 Å². The zero-order valence-electron chi connectivity index (χ0n) is 6.63. The molecule has 0 bridgehead atoms. The van der Waals surface area contributed by atoms with E-state index in [-0.39, 0.29) is 0 Å². The van der Waals surface area contributed by atoms with Crippen molar-refractivity contribution < 1.29 is 4.39 Å². The second kappa shape index (κ2) is 4.09. The van der Waals surface area contributed by atoms with E-state index >= 15 is 0 Å². The number of nitrogens with zero attached hydrogens (tertiary/aromatic N) is 1. The molecule has 0 atom stereocenters. The molecule has 0 amide bonds. The number of rotatable bonds is 3. The van der Waals surface area contributed by atoms with Crippen LogP contribution in [-0.4, -0.2) is 18.7 Å². The Labute approximate surface area is 66.5 Å². The molecule has 1 aromatic carbocycles. The topological polar surface area (TPSA) is 3.24 Å². The van der Waals surface area contributed by atoms with Crippen molar-refractivity contribution in [3.05, 3.63) is 35.9 Å². The molecule has 0 spiro atoms. The van der Waals surface area contributed by atoms with Crippen LogP contribution in [0.5, 0.6) is 0 Å². The summed E-state index contributed by atoms with van der Waals surface area (Å²) in [5.74, 6) is 0. The van der Waals surface area contributed by atoms with Gasteiger partial charge in [-0.3, -0.25) is 4.90 Å². The first-order valence-electron chi connectivity index (χ1n) is 3.61. The fraction of sp³-hybridized carbons (Fsp3) is 0.333. The molecule has 0 unspecified atom stereocenters. The van der Waals surface area contributed by atoms with Crippen LogP contribution in [0, 0.1) is 0 Å². The Bertz CT molecular complexity index is 198. The van der Waals surface area contributed by atoms with Crippen LogP contribution in [0.25, 0.3) is 0 Å². The smallest absolute Gasteiger partial charge is 0.143 e. The predicted molar refractivity (Wildman–Crippen MR) is 43.9 cm³/mol. The van der Waals surface area contributed by atoms with Crippen molar-refractivity contribution in [3.63, 3.8) is 0 Å². The van der Waals surface area contributed by atoms with Crippen LogP contribution in [0.3, 0.4) is 0 Å². The molecule has 1 aromatic rings. The lowest BCUT2D eigenvalue weighted by Gasteiger charge is -2.10. The Hall–Kier alpha value is -0.890. The van der Waals surface area contributed by atoms with Crippen molar-refractivity contribution in [3.8, 4) is 0 Å². The van der Waals surface area contributed by atoms with Gasteiger partial charge in [-0.1, -0.05) is 30.3 Å². The Kier molecular flexibility index (Phi) is 3.05. The summed E-state index contributed by atoms with van der Waals surface area (Å²) in [5.41, 5.74) is 1.15. The van der Waals surface area contributed by atoms with Gasteiger partial charge in [-0.2, -0.15) is 0 Å². The number of hydrogen-bond donors (Lipinski definition) is 0. The Morgan fingerprint density at radius 3 is 2.45 bits per heavy atom. The second-order valence-corrected chi connectivity index (χ2v) is 2.62. The van der Waals surface area contributed by atoms with Crippen LogP contribution < -0.4 is 0 Å². The molecule has 1 rings (SSSR count). The van der Waals surface area contributed by atoms with E-state index in [0.29, 0.717) is 6.54 Å². The van der Waals surface area contributed by atoms with Gasteiger partial charge in [0.2, 0.25) is 0 Å². The summed E-state index contributed by atoms with van der Waals surface area (Å²) in [6.45, 7) is 0.284. The second-order valence-electron chi connectivity index (χ2n) is 2.62. The fourth-order valence-corrected chi connectivity index (χ4v) is 0.937. The summed E-state index contributed by atoms with van der Waals surface area (Å²) in [4.78, 5) is 1.62. The molecule has 0 saturated heterocycles. The van der Waals surface area contributed by atoms with Gasteiger partial charge in [0.15, 0.2) is 0 Å². The molecule has 0 radical (unpaired) electrons. The van der Waals surface area contributed by atoms with Crippen LogP contribution in [-0.2, 0) is 6.54 Å². The highest BCUT2D eigenvalue weighted by molar-refractivity contribution is 5.14. The van der Waals surface area contributed by atoms with E-state index in [1.54, 1.807) is 11.9 Å². The van der Waals surface area contributed by atoms with E-state index in [4.69, 9.17) is 0 Å². The zero-order chi connectivity index (χ0) is 8.10. The number of hydrogen-bond acceptors (Lipinski definition) is 1. The number of alkyl halides is 1. The highest BCUT2D eigenvalue weighted by Gasteiger charge is 1.96. The van der Waals surface area contributed by atoms with Crippen molar-refractivity contribution in [2.45, 2.75) is 6.54 Å². The normalized spacial score (nSPS) is 10.5. The van der Waals surface area contributed by atoms with Gasteiger partial charge < -0.3 is 0 Å². The molecule has 0 aromatic heterocycles. The Morgan fingerprint density at radius 1 is 1.27 bits per heavy atom. The van der Waals surface area contributed by atoms with E-state index in [1.807, 2.05) is 30.3 Å². The zero-order valence-corrected chi connectivity index (χ0v) is 6.63. The van der Waals surface area contributed by atoms with Gasteiger partial charge in [-0.15, -0.1) is 0 Å². The molecule has 0 aliphatic heterocycles. The van der Waals surface area contributed by atoms with Crippen LogP contribution in [0.15, 0.2) is 30.3 Å². The molecular weight excluding hydrogens is 141 g/mol. The Balaban J connectivity index is 2.51. The third-order valence-corrected chi connectivity index (χ3v) is 1.50. The largest absolute Gasteiger partial charge is 0.275 e. The van der Waals surface area contributed by atoms with Crippen LogP contribution in [0.4, 0.5) is 4.39 Å². The Morgan fingerprint density at radius 2 is 1.91 bits per heavy atom. The third kappa shape index (κ3) is 2.68. The minimum Gasteiger partial charge on any atom is -0.275 e. The van der Waals surface area contributed by atoms with E-state index in [0.717, 1.165) is 5.56 Å². The van der Waals surface area contributed by atoms with Crippen molar-refractivity contribution >= 4 is 0 Å². The maximum absolute atomic E-state index is 12.0. The molecule has 0 heterocycles. The quantitative estimate of drug-likeness (QED) is 0.601. The molecule has 60 valence electrons. The van der Waals surface area contributed by atoms with E-state index in [1.165, 1.54) is 0 Å². The summed E-state index contributed by atoms with van der Waals surface area (Å²) in [7, 11) is 1.76. The highest BCUT2D eigenvalue weighted by atomic mass is 19.1. The number of halogens is 1. The summed E-state index contributed by atoms with van der Waals surface area (Å²) in [6, 6.07) is 9.86. The average Bonchev–Trinajstić information content (AvgIpc) is 2.06.